The van der Waals surface area contributed by atoms with Gasteiger partial charge in [-0.15, -0.1) is 0 Å². The fraction of sp³-hybridized carbons (Fsp3) is 0.647. The largest absolute Gasteiger partial charge is 0.444 e. The maximum atomic E-state index is 13.0. The molecule has 1 atom stereocenters. The average molecular weight is 332 g/mol. The van der Waals surface area contributed by atoms with Crippen molar-refractivity contribution >= 4 is 12.0 Å². The van der Waals surface area contributed by atoms with E-state index in [0.29, 0.717) is 11.4 Å². The molecule has 0 spiro atoms. The lowest BCUT2D eigenvalue weighted by Gasteiger charge is -2.30. The van der Waals surface area contributed by atoms with Crippen LogP contribution in [-0.2, 0) is 16.1 Å². The number of hydrogen-bond donors (Lipinski definition) is 0. The molecular formula is C17H24N4O3. The quantitative estimate of drug-likeness (QED) is 0.788. The first-order valence-electron chi connectivity index (χ1n) is 8.37. The van der Waals surface area contributed by atoms with Crippen molar-refractivity contribution in [2.45, 2.75) is 58.7 Å². The van der Waals surface area contributed by atoms with Crippen molar-refractivity contribution in [3.05, 3.63) is 23.3 Å². The summed E-state index contributed by atoms with van der Waals surface area (Å²) in [5.41, 5.74) is 0.823. The number of carbonyl (C=O) groups is 2. The van der Waals surface area contributed by atoms with Gasteiger partial charge in [0.05, 0.1) is 12.2 Å². The molecule has 0 bridgehead atoms. The predicted octanol–water partition coefficient (Wildman–Crippen LogP) is 2.20. The Bertz CT molecular complexity index is 662. The van der Waals surface area contributed by atoms with Crippen LogP contribution in [0, 0.1) is 6.92 Å². The van der Waals surface area contributed by atoms with Gasteiger partial charge in [0.15, 0.2) is 0 Å². The number of rotatable bonds is 1. The molecule has 0 saturated carbocycles. The molecule has 1 aromatic rings. The van der Waals surface area contributed by atoms with Gasteiger partial charge in [-0.1, -0.05) is 0 Å². The number of aryl methyl sites for hydroxylation is 1. The smallest absolute Gasteiger partial charge is 0.411 e. The number of hydrogen-bond acceptors (Lipinski definition) is 5. The summed E-state index contributed by atoms with van der Waals surface area (Å²) in [6.45, 7) is 8.99. The lowest BCUT2D eigenvalue weighted by atomic mass is 10.1. The second-order valence-corrected chi connectivity index (χ2v) is 7.36. The summed E-state index contributed by atoms with van der Waals surface area (Å²) in [4.78, 5) is 37.5. The van der Waals surface area contributed by atoms with E-state index in [9.17, 15) is 9.59 Å². The van der Waals surface area contributed by atoms with Crippen LogP contribution >= 0.6 is 0 Å². The van der Waals surface area contributed by atoms with Crippen LogP contribution in [0.4, 0.5) is 4.79 Å². The van der Waals surface area contributed by atoms with Crippen LogP contribution in [0.2, 0.25) is 0 Å². The van der Waals surface area contributed by atoms with Crippen molar-refractivity contribution in [1.82, 2.24) is 19.8 Å². The topological polar surface area (TPSA) is 75.6 Å². The molecule has 1 aromatic heterocycles. The molecule has 24 heavy (non-hydrogen) atoms. The first-order valence-corrected chi connectivity index (χ1v) is 8.37. The number of aromatic nitrogens is 2. The monoisotopic (exact) mass is 332 g/mol. The Hall–Kier alpha value is -2.18. The van der Waals surface area contributed by atoms with E-state index in [1.165, 1.54) is 4.90 Å². The van der Waals surface area contributed by atoms with Gasteiger partial charge in [-0.2, -0.15) is 0 Å². The van der Waals surface area contributed by atoms with E-state index in [4.69, 9.17) is 4.74 Å². The van der Waals surface area contributed by atoms with Gasteiger partial charge < -0.3 is 9.64 Å². The third kappa shape index (κ3) is 3.20. The molecule has 1 fully saturated rings. The summed E-state index contributed by atoms with van der Waals surface area (Å²) >= 11 is 0. The van der Waals surface area contributed by atoms with Gasteiger partial charge in [-0.3, -0.25) is 9.69 Å². The van der Waals surface area contributed by atoms with E-state index in [1.54, 1.807) is 13.1 Å². The highest BCUT2D eigenvalue weighted by atomic mass is 16.6. The minimum Gasteiger partial charge on any atom is -0.444 e. The van der Waals surface area contributed by atoms with Gasteiger partial charge in [-0.25, -0.2) is 14.8 Å². The third-order valence-electron chi connectivity index (χ3n) is 4.23. The Balaban J connectivity index is 1.92. The Morgan fingerprint density at radius 2 is 1.92 bits per heavy atom. The molecule has 0 aliphatic carbocycles. The Labute approximate surface area is 142 Å². The van der Waals surface area contributed by atoms with Crippen LogP contribution in [0.5, 0.6) is 0 Å². The van der Waals surface area contributed by atoms with Crippen LogP contribution < -0.4 is 0 Å². The summed E-state index contributed by atoms with van der Waals surface area (Å²) in [5, 5.41) is 0. The molecule has 7 heteroatoms. The molecule has 3 heterocycles. The van der Waals surface area contributed by atoms with Crippen LogP contribution in [0.15, 0.2) is 6.20 Å². The van der Waals surface area contributed by atoms with Crippen LogP contribution in [0.1, 0.15) is 56.7 Å². The van der Waals surface area contributed by atoms with E-state index in [2.05, 4.69) is 9.97 Å². The van der Waals surface area contributed by atoms with Crippen molar-refractivity contribution in [2.24, 2.45) is 0 Å². The first kappa shape index (κ1) is 16.7. The average Bonchev–Trinajstić information content (AvgIpc) is 3.11. The molecule has 3 rings (SSSR count). The normalized spacial score (nSPS) is 20.2. The van der Waals surface area contributed by atoms with Crippen LogP contribution in [0.25, 0.3) is 0 Å². The second kappa shape index (κ2) is 6.03. The Morgan fingerprint density at radius 3 is 2.54 bits per heavy atom. The zero-order valence-electron chi connectivity index (χ0n) is 14.7. The summed E-state index contributed by atoms with van der Waals surface area (Å²) in [6, 6.07) is -0.687. The summed E-state index contributed by atoms with van der Waals surface area (Å²) < 4.78 is 5.49. The molecular weight excluding hydrogens is 308 g/mol. The number of amides is 2. The predicted molar refractivity (Wildman–Crippen MR) is 87.1 cm³/mol. The summed E-state index contributed by atoms with van der Waals surface area (Å²) in [7, 11) is 0. The number of ether oxygens (including phenoxy) is 1. The maximum Gasteiger partial charge on any atom is 0.411 e. The zero-order chi connectivity index (χ0) is 17.5. The zero-order valence-corrected chi connectivity index (χ0v) is 14.7. The molecule has 0 aromatic carbocycles. The van der Waals surface area contributed by atoms with E-state index in [0.717, 1.165) is 31.6 Å². The molecule has 0 N–H and O–H groups in total. The Kier molecular flexibility index (Phi) is 4.19. The van der Waals surface area contributed by atoms with Crippen LogP contribution in [-0.4, -0.2) is 50.5 Å². The number of likely N-dealkylation sites (tertiary alicyclic amines) is 1. The SMILES string of the molecule is Cc1ncc2c(n1)CN(C(=O)OC(C)(C)C)[C@H]2C(=O)N1CCCC1. The first-order chi connectivity index (χ1) is 11.3. The molecule has 0 unspecified atom stereocenters. The molecule has 0 radical (unpaired) electrons. The maximum absolute atomic E-state index is 13.0. The lowest BCUT2D eigenvalue weighted by Crippen LogP contribution is -2.43. The van der Waals surface area contributed by atoms with Crippen LogP contribution in [0.3, 0.4) is 0 Å². The minimum absolute atomic E-state index is 0.0652. The minimum atomic E-state index is -0.687. The fourth-order valence-electron chi connectivity index (χ4n) is 3.17. The van der Waals surface area contributed by atoms with Crippen molar-refractivity contribution in [3.8, 4) is 0 Å². The molecule has 2 aliphatic heterocycles. The van der Waals surface area contributed by atoms with Gasteiger partial charge in [-0.05, 0) is 40.5 Å². The van der Waals surface area contributed by atoms with E-state index in [-0.39, 0.29) is 12.5 Å². The number of carbonyl (C=O) groups excluding carboxylic acids is 2. The highest BCUT2D eigenvalue weighted by Crippen LogP contribution is 2.35. The van der Waals surface area contributed by atoms with Crippen molar-refractivity contribution < 1.29 is 14.3 Å². The highest BCUT2D eigenvalue weighted by Gasteiger charge is 2.43. The van der Waals surface area contributed by atoms with Gasteiger partial charge in [0.2, 0.25) is 5.91 Å². The van der Waals surface area contributed by atoms with E-state index in [1.807, 2.05) is 25.7 Å². The van der Waals surface area contributed by atoms with Crippen molar-refractivity contribution in [2.75, 3.05) is 13.1 Å². The molecule has 130 valence electrons. The van der Waals surface area contributed by atoms with E-state index < -0.39 is 17.7 Å². The summed E-state index contributed by atoms with van der Waals surface area (Å²) in [6.07, 6.45) is 3.18. The lowest BCUT2D eigenvalue weighted by molar-refractivity contribution is -0.135. The molecule has 7 nitrogen and oxygen atoms in total. The van der Waals surface area contributed by atoms with Gasteiger partial charge in [0, 0.05) is 24.8 Å². The fourth-order valence-corrected chi connectivity index (χ4v) is 3.17. The standard InChI is InChI=1S/C17H24N4O3/c1-11-18-9-12-13(19-11)10-21(16(23)24-17(2,3)4)14(12)15(22)20-7-5-6-8-20/h9,14H,5-8,10H2,1-4H3/t14-/m1/s1. The number of nitrogens with zero attached hydrogens (tertiary/aromatic N) is 4. The second-order valence-electron chi connectivity index (χ2n) is 7.36. The molecule has 2 aliphatic rings. The third-order valence-corrected chi connectivity index (χ3v) is 4.23. The molecule has 1 saturated heterocycles. The van der Waals surface area contributed by atoms with Crippen molar-refractivity contribution in [1.29, 1.82) is 0 Å². The number of fused-ring (bicyclic) bond motifs is 1. The van der Waals surface area contributed by atoms with Crippen molar-refractivity contribution in [3.63, 3.8) is 0 Å². The highest BCUT2D eigenvalue weighted by molar-refractivity contribution is 5.88. The van der Waals surface area contributed by atoms with Gasteiger partial charge in [0.1, 0.15) is 17.5 Å². The molecule has 2 amide bonds. The van der Waals surface area contributed by atoms with Gasteiger partial charge >= 0.3 is 6.09 Å². The Morgan fingerprint density at radius 1 is 1.25 bits per heavy atom. The summed E-state index contributed by atoms with van der Waals surface area (Å²) in [5.74, 6) is 0.566. The van der Waals surface area contributed by atoms with Gasteiger partial charge in [0.25, 0.3) is 0 Å². The van der Waals surface area contributed by atoms with E-state index >= 15 is 0 Å².